The van der Waals surface area contributed by atoms with Crippen LogP contribution in [0.2, 0.25) is 0 Å². The Balaban J connectivity index is 3.02. The molecule has 3 amide bonds. The fourth-order valence-electron chi connectivity index (χ4n) is 3.07. The molecule has 33 heavy (non-hydrogen) atoms. The number of aliphatic hydroxyl groups excluding tert-OH is 1. The van der Waals surface area contributed by atoms with Gasteiger partial charge in [0.25, 0.3) is 0 Å². The molecule has 0 radical (unpaired) electrons. The minimum absolute atomic E-state index is 0.0846. The topological polar surface area (TPSA) is 171 Å². The van der Waals surface area contributed by atoms with E-state index in [0.29, 0.717) is 6.42 Å². The van der Waals surface area contributed by atoms with Crippen LogP contribution in [0.3, 0.4) is 0 Å². The molecule has 184 valence electrons. The van der Waals surface area contributed by atoms with E-state index in [1.807, 2.05) is 6.92 Å². The Morgan fingerprint density at radius 1 is 0.909 bits per heavy atom. The molecular formula is C23H36N4O6. The number of nitrogens with two attached hydrogens (primary N) is 1. The molecule has 0 fully saturated rings. The van der Waals surface area contributed by atoms with Gasteiger partial charge in [-0.1, -0.05) is 64.4 Å². The van der Waals surface area contributed by atoms with Gasteiger partial charge in [0.15, 0.2) is 0 Å². The van der Waals surface area contributed by atoms with Gasteiger partial charge in [-0.25, -0.2) is 4.79 Å². The number of aliphatic hydroxyl groups is 1. The monoisotopic (exact) mass is 464 g/mol. The van der Waals surface area contributed by atoms with Gasteiger partial charge in [0.05, 0.1) is 12.6 Å². The lowest BCUT2D eigenvalue weighted by Crippen LogP contribution is -2.59. The van der Waals surface area contributed by atoms with E-state index < -0.39 is 54.5 Å². The van der Waals surface area contributed by atoms with Crippen molar-refractivity contribution in [3.63, 3.8) is 0 Å². The first-order valence-electron chi connectivity index (χ1n) is 11.1. The molecule has 0 bridgehead atoms. The number of benzene rings is 1. The number of hydrogen-bond acceptors (Lipinski definition) is 6. The van der Waals surface area contributed by atoms with Crippen molar-refractivity contribution in [2.75, 3.05) is 6.61 Å². The summed E-state index contributed by atoms with van der Waals surface area (Å²) in [6, 6.07) is 4.42. The van der Waals surface area contributed by atoms with E-state index in [9.17, 15) is 29.4 Å². The van der Waals surface area contributed by atoms with Gasteiger partial charge in [-0.15, -0.1) is 0 Å². The predicted octanol–water partition coefficient (Wildman–Crippen LogP) is -0.210. The van der Waals surface area contributed by atoms with Gasteiger partial charge < -0.3 is 31.9 Å². The van der Waals surface area contributed by atoms with Gasteiger partial charge in [0, 0.05) is 6.42 Å². The van der Waals surface area contributed by atoms with E-state index in [1.165, 1.54) is 0 Å². The van der Waals surface area contributed by atoms with Crippen molar-refractivity contribution in [3.05, 3.63) is 35.9 Å². The number of carboxylic acids is 1. The molecule has 0 aliphatic rings. The van der Waals surface area contributed by atoms with Crippen LogP contribution < -0.4 is 21.7 Å². The summed E-state index contributed by atoms with van der Waals surface area (Å²) in [6.07, 6.45) is 0.742. The maximum absolute atomic E-state index is 12.9. The summed E-state index contributed by atoms with van der Waals surface area (Å²) in [5, 5.41) is 26.5. The number of carboxylic acid groups (broad SMARTS) is 1. The minimum Gasteiger partial charge on any atom is -0.480 e. The summed E-state index contributed by atoms with van der Waals surface area (Å²) < 4.78 is 0. The zero-order chi connectivity index (χ0) is 25.1. The molecule has 1 aromatic carbocycles. The van der Waals surface area contributed by atoms with E-state index in [-0.39, 0.29) is 18.3 Å². The SMILES string of the molecule is CCC(C)C(N)C(=O)NC(CO)C(=O)NC(Cc1ccccc1)C(=O)NC(C(=O)O)C(C)C. The third kappa shape index (κ3) is 8.82. The van der Waals surface area contributed by atoms with Gasteiger partial charge in [-0.3, -0.25) is 14.4 Å². The number of carbonyl (C=O) groups excluding carboxylic acids is 3. The van der Waals surface area contributed by atoms with Crippen LogP contribution in [0.15, 0.2) is 30.3 Å². The molecular weight excluding hydrogens is 428 g/mol. The van der Waals surface area contributed by atoms with Crippen LogP contribution in [0.1, 0.15) is 39.7 Å². The molecule has 0 spiro atoms. The van der Waals surface area contributed by atoms with Gasteiger partial charge in [0.1, 0.15) is 18.1 Å². The van der Waals surface area contributed by atoms with E-state index in [2.05, 4.69) is 16.0 Å². The molecule has 0 saturated carbocycles. The van der Waals surface area contributed by atoms with Crippen LogP contribution in [0.25, 0.3) is 0 Å². The standard InChI is InChI=1S/C23H36N4O6/c1-5-14(4)18(24)22(31)26-17(12-28)21(30)25-16(11-15-9-7-6-8-10-15)20(29)27-19(13(2)3)23(32)33/h6-10,13-14,16-19,28H,5,11-12,24H2,1-4H3,(H,25,30)(H,26,31)(H,27,29)(H,32,33). The van der Waals surface area contributed by atoms with Gasteiger partial charge >= 0.3 is 5.97 Å². The molecule has 5 atom stereocenters. The Morgan fingerprint density at radius 3 is 1.94 bits per heavy atom. The zero-order valence-corrected chi connectivity index (χ0v) is 19.6. The van der Waals surface area contributed by atoms with Crippen molar-refractivity contribution >= 4 is 23.7 Å². The Labute approximate surface area is 194 Å². The average molecular weight is 465 g/mol. The Morgan fingerprint density at radius 2 is 1.45 bits per heavy atom. The maximum Gasteiger partial charge on any atom is 0.326 e. The number of amides is 3. The lowest BCUT2D eigenvalue weighted by atomic mass is 9.99. The molecule has 1 aromatic rings. The number of rotatable bonds is 13. The second-order valence-electron chi connectivity index (χ2n) is 8.47. The van der Waals surface area contributed by atoms with Crippen molar-refractivity contribution < 1.29 is 29.4 Å². The molecule has 0 aliphatic heterocycles. The quantitative estimate of drug-likeness (QED) is 0.234. The lowest BCUT2D eigenvalue weighted by molar-refractivity contribution is -0.143. The van der Waals surface area contributed by atoms with Crippen molar-refractivity contribution in [1.29, 1.82) is 0 Å². The Bertz CT molecular complexity index is 801. The van der Waals surface area contributed by atoms with Gasteiger partial charge in [-0.2, -0.15) is 0 Å². The first-order chi connectivity index (χ1) is 15.5. The van der Waals surface area contributed by atoms with Gasteiger partial charge in [-0.05, 0) is 17.4 Å². The highest BCUT2D eigenvalue weighted by Crippen LogP contribution is 2.08. The molecule has 5 unspecified atom stereocenters. The molecule has 7 N–H and O–H groups in total. The number of hydrogen-bond donors (Lipinski definition) is 6. The summed E-state index contributed by atoms with van der Waals surface area (Å²) in [5.74, 6) is -3.77. The van der Waals surface area contributed by atoms with E-state index in [1.54, 1.807) is 51.1 Å². The highest BCUT2D eigenvalue weighted by Gasteiger charge is 2.31. The predicted molar refractivity (Wildman–Crippen MR) is 123 cm³/mol. The van der Waals surface area contributed by atoms with Gasteiger partial charge in [0.2, 0.25) is 17.7 Å². The fourth-order valence-corrected chi connectivity index (χ4v) is 3.07. The molecule has 0 aromatic heterocycles. The number of aliphatic carboxylic acids is 1. The zero-order valence-electron chi connectivity index (χ0n) is 19.6. The lowest BCUT2D eigenvalue weighted by Gasteiger charge is -2.26. The number of carbonyl (C=O) groups is 4. The van der Waals surface area contributed by atoms with Crippen LogP contribution >= 0.6 is 0 Å². The summed E-state index contributed by atoms with van der Waals surface area (Å²) >= 11 is 0. The van der Waals surface area contributed by atoms with Crippen LogP contribution in [0.5, 0.6) is 0 Å². The Hall–Kier alpha value is -2.98. The van der Waals surface area contributed by atoms with Crippen LogP contribution in [0, 0.1) is 11.8 Å². The molecule has 0 saturated heterocycles. The summed E-state index contributed by atoms with van der Waals surface area (Å²) in [6.45, 7) is 6.28. The first-order valence-corrected chi connectivity index (χ1v) is 11.1. The highest BCUT2D eigenvalue weighted by molar-refractivity contribution is 5.94. The summed E-state index contributed by atoms with van der Waals surface area (Å²) in [7, 11) is 0. The molecule has 10 nitrogen and oxygen atoms in total. The highest BCUT2D eigenvalue weighted by atomic mass is 16.4. The van der Waals surface area contributed by atoms with Crippen molar-refractivity contribution in [2.24, 2.45) is 17.6 Å². The molecule has 10 heteroatoms. The maximum atomic E-state index is 12.9. The smallest absolute Gasteiger partial charge is 0.326 e. The second kappa shape index (κ2) is 13.5. The third-order valence-electron chi connectivity index (χ3n) is 5.52. The second-order valence-corrected chi connectivity index (χ2v) is 8.47. The van der Waals surface area contributed by atoms with E-state index >= 15 is 0 Å². The van der Waals surface area contributed by atoms with Crippen LogP contribution in [-0.2, 0) is 25.6 Å². The van der Waals surface area contributed by atoms with Crippen LogP contribution in [0.4, 0.5) is 0 Å². The first kappa shape index (κ1) is 28.1. The fraction of sp³-hybridized carbons (Fsp3) is 0.565. The summed E-state index contributed by atoms with van der Waals surface area (Å²) in [5.41, 5.74) is 6.63. The Kier molecular flexibility index (Phi) is 11.5. The van der Waals surface area contributed by atoms with Crippen molar-refractivity contribution in [2.45, 2.75) is 64.7 Å². The third-order valence-corrected chi connectivity index (χ3v) is 5.52. The molecule has 0 heterocycles. The number of nitrogens with one attached hydrogen (secondary N) is 3. The van der Waals surface area contributed by atoms with E-state index in [0.717, 1.165) is 5.56 Å². The molecule has 1 rings (SSSR count). The molecule has 0 aliphatic carbocycles. The summed E-state index contributed by atoms with van der Waals surface area (Å²) in [4.78, 5) is 49.6. The van der Waals surface area contributed by atoms with E-state index in [4.69, 9.17) is 5.73 Å². The minimum atomic E-state index is -1.32. The van der Waals surface area contributed by atoms with Crippen LogP contribution in [-0.4, -0.2) is 64.7 Å². The van der Waals surface area contributed by atoms with Crippen molar-refractivity contribution in [1.82, 2.24) is 16.0 Å². The van der Waals surface area contributed by atoms with Crippen molar-refractivity contribution in [3.8, 4) is 0 Å². The largest absolute Gasteiger partial charge is 0.480 e. The average Bonchev–Trinajstić information content (AvgIpc) is 2.79. The normalized spacial score (nSPS) is 15.6.